The molecule has 52 heavy (non-hydrogen) atoms. The molecule has 0 heterocycles. The van der Waals surface area contributed by atoms with E-state index >= 15 is 0 Å². The first-order valence-electron chi connectivity index (χ1n) is 20.0. The van der Waals surface area contributed by atoms with E-state index in [1.807, 2.05) is 33.3 Å². The monoisotopic (exact) mass is 752 g/mol. The maximum atomic E-state index is 12.6. The summed E-state index contributed by atoms with van der Waals surface area (Å²) < 4.78 is 33.7. The number of phosphoric acid groups is 1. The normalized spacial score (nSPS) is 14.3. The molecular weight excluding hydrogens is 677 g/mol. The van der Waals surface area contributed by atoms with E-state index in [1.165, 1.54) is 44.9 Å². The molecule has 2 atom stereocenters. The number of hydrogen-bond acceptors (Lipinski definition) is 8. The summed E-state index contributed by atoms with van der Waals surface area (Å²) in [4.78, 5) is 37.3. The van der Waals surface area contributed by atoms with E-state index in [1.54, 1.807) is 0 Å². The zero-order valence-electron chi connectivity index (χ0n) is 33.5. The summed E-state index contributed by atoms with van der Waals surface area (Å²) in [6.45, 7) is 3.98. The summed E-state index contributed by atoms with van der Waals surface area (Å²) in [5.74, 6) is -0.945. The lowest BCUT2D eigenvalue weighted by atomic mass is 10.1. The van der Waals surface area contributed by atoms with Crippen LogP contribution in [0.3, 0.4) is 0 Å². The lowest BCUT2D eigenvalue weighted by molar-refractivity contribution is -0.870. The van der Waals surface area contributed by atoms with Crippen molar-refractivity contribution in [3.8, 4) is 0 Å². The molecule has 0 rings (SSSR count). The van der Waals surface area contributed by atoms with Gasteiger partial charge in [-0.15, -0.1) is 0 Å². The van der Waals surface area contributed by atoms with Gasteiger partial charge < -0.3 is 27.9 Å². The van der Waals surface area contributed by atoms with E-state index in [0.29, 0.717) is 23.9 Å². The van der Waals surface area contributed by atoms with Gasteiger partial charge in [-0.3, -0.25) is 14.2 Å². The van der Waals surface area contributed by atoms with Crippen molar-refractivity contribution in [2.75, 3.05) is 47.5 Å². The smallest absolute Gasteiger partial charge is 0.306 e. The molecule has 0 amide bonds. The van der Waals surface area contributed by atoms with Crippen molar-refractivity contribution >= 4 is 19.8 Å². The third-order valence-electron chi connectivity index (χ3n) is 8.04. The van der Waals surface area contributed by atoms with Crippen LogP contribution in [-0.4, -0.2) is 70.0 Å². The number of hydrogen-bond donors (Lipinski definition) is 0. The van der Waals surface area contributed by atoms with Gasteiger partial charge in [0.1, 0.15) is 19.8 Å². The lowest BCUT2D eigenvalue weighted by Gasteiger charge is -2.28. The van der Waals surface area contributed by atoms with Crippen LogP contribution in [-0.2, 0) is 32.7 Å². The SMILES string of the molecule is CC/C=C\C/C=C\C/C=C\C/C=C\CCC(=O)OC(COC(=O)CCCCCCC/C=C\CCCCCCCC)COP(=O)([O-])OCC[N+](C)(C)C. The Labute approximate surface area is 317 Å². The summed E-state index contributed by atoms with van der Waals surface area (Å²) in [5.41, 5.74) is 0. The molecule has 0 aliphatic heterocycles. The Balaban J connectivity index is 4.53. The molecule has 0 aliphatic carbocycles. The third kappa shape index (κ3) is 37.5. The van der Waals surface area contributed by atoms with Crippen molar-refractivity contribution in [1.82, 2.24) is 0 Å². The fraction of sp³-hybridized carbons (Fsp3) is 0.714. The van der Waals surface area contributed by atoms with Gasteiger partial charge in [-0.1, -0.05) is 126 Å². The molecule has 0 aromatic rings. The third-order valence-corrected chi connectivity index (χ3v) is 9.00. The molecule has 9 nitrogen and oxygen atoms in total. The van der Waals surface area contributed by atoms with Gasteiger partial charge in [-0.05, 0) is 64.2 Å². The van der Waals surface area contributed by atoms with E-state index in [2.05, 4.69) is 62.5 Å². The fourth-order valence-electron chi connectivity index (χ4n) is 4.90. The standard InChI is InChI=1S/C42H74NO8P/c1-6-8-10-12-14-16-18-20-21-23-24-26-28-30-32-34-41(44)48-38-40(39-50-52(46,47)49-37-36-43(3,4)5)51-42(45)35-33-31-29-27-25-22-19-17-15-13-11-9-7-2/h9,11,15,17,20-22,25,29,31,40H,6-8,10,12-14,16,18-19,23-24,26-28,30,32-39H2,1-5H3/b11-9-,17-15-,21-20-,25-22-,31-29-. The average molecular weight is 752 g/mol. The van der Waals surface area contributed by atoms with Crippen LogP contribution in [0.15, 0.2) is 60.8 Å². The van der Waals surface area contributed by atoms with E-state index in [0.717, 1.165) is 57.8 Å². The molecule has 0 bridgehead atoms. The molecule has 0 aromatic carbocycles. The van der Waals surface area contributed by atoms with Crippen LogP contribution in [0.25, 0.3) is 0 Å². The molecule has 10 heteroatoms. The number of unbranched alkanes of at least 4 members (excludes halogenated alkanes) is 11. The molecule has 0 radical (unpaired) electrons. The van der Waals surface area contributed by atoms with Gasteiger partial charge in [-0.25, -0.2) is 0 Å². The zero-order chi connectivity index (χ0) is 38.6. The number of carbonyl (C=O) groups excluding carboxylic acids is 2. The van der Waals surface area contributed by atoms with Gasteiger partial charge in [0.05, 0.1) is 27.7 Å². The maximum absolute atomic E-state index is 12.6. The molecule has 0 fully saturated rings. The van der Waals surface area contributed by atoms with E-state index < -0.39 is 32.5 Å². The Hall–Kier alpha value is -2.29. The van der Waals surface area contributed by atoms with Gasteiger partial charge >= 0.3 is 11.9 Å². The molecule has 300 valence electrons. The van der Waals surface area contributed by atoms with Crippen molar-refractivity contribution in [2.24, 2.45) is 0 Å². The minimum Gasteiger partial charge on any atom is -0.756 e. The Bertz CT molecular complexity index is 1080. The van der Waals surface area contributed by atoms with E-state index in [9.17, 15) is 19.0 Å². The topological polar surface area (TPSA) is 111 Å². The zero-order valence-corrected chi connectivity index (χ0v) is 34.4. The van der Waals surface area contributed by atoms with Crippen LogP contribution in [0, 0.1) is 0 Å². The lowest BCUT2D eigenvalue weighted by Crippen LogP contribution is -2.37. The van der Waals surface area contributed by atoms with Crippen LogP contribution >= 0.6 is 7.82 Å². The van der Waals surface area contributed by atoms with Crippen molar-refractivity contribution in [1.29, 1.82) is 0 Å². The molecule has 2 unspecified atom stereocenters. The molecule has 0 spiro atoms. The van der Waals surface area contributed by atoms with Crippen molar-refractivity contribution in [3.05, 3.63) is 60.8 Å². The van der Waals surface area contributed by atoms with Gasteiger partial charge in [0.15, 0.2) is 6.10 Å². The quantitative estimate of drug-likeness (QED) is 0.0207. The fourth-order valence-corrected chi connectivity index (χ4v) is 5.62. The maximum Gasteiger partial charge on any atom is 0.306 e. The molecule has 0 saturated carbocycles. The number of carbonyl (C=O) groups is 2. The van der Waals surface area contributed by atoms with Gasteiger partial charge in [-0.2, -0.15) is 0 Å². The number of nitrogens with zero attached hydrogens (tertiary/aromatic N) is 1. The highest BCUT2D eigenvalue weighted by molar-refractivity contribution is 7.45. The minimum absolute atomic E-state index is 0.0471. The summed E-state index contributed by atoms with van der Waals surface area (Å²) in [6, 6.07) is 0. The largest absolute Gasteiger partial charge is 0.756 e. The molecule has 0 aliphatic rings. The van der Waals surface area contributed by atoms with Gasteiger partial charge in [0.2, 0.25) is 0 Å². The highest BCUT2D eigenvalue weighted by Gasteiger charge is 2.21. The Morgan fingerprint density at radius 2 is 1.13 bits per heavy atom. The number of phosphoric ester groups is 1. The predicted octanol–water partition coefficient (Wildman–Crippen LogP) is 10.3. The van der Waals surface area contributed by atoms with Gasteiger partial charge in [0.25, 0.3) is 7.82 Å². The Kier molecular flexibility index (Phi) is 33.0. The highest BCUT2D eigenvalue weighted by atomic mass is 31.2. The van der Waals surface area contributed by atoms with Crippen LogP contribution in [0.1, 0.15) is 142 Å². The molecule has 0 saturated heterocycles. The Morgan fingerprint density at radius 1 is 0.615 bits per heavy atom. The van der Waals surface area contributed by atoms with Crippen LogP contribution in [0.4, 0.5) is 0 Å². The summed E-state index contributed by atoms with van der Waals surface area (Å²) >= 11 is 0. The molecular formula is C42H74NO8P. The first-order chi connectivity index (χ1) is 25.0. The summed E-state index contributed by atoms with van der Waals surface area (Å²) in [6.07, 6.45) is 39.8. The first kappa shape index (κ1) is 49.7. The predicted molar refractivity (Wildman–Crippen MR) is 213 cm³/mol. The number of esters is 2. The minimum atomic E-state index is -4.64. The van der Waals surface area contributed by atoms with Crippen molar-refractivity contribution in [2.45, 2.75) is 148 Å². The summed E-state index contributed by atoms with van der Waals surface area (Å²) in [7, 11) is 1.11. The van der Waals surface area contributed by atoms with Crippen molar-refractivity contribution < 1.29 is 42.1 Å². The molecule has 0 aromatic heterocycles. The number of allylic oxidation sites excluding steroid dienone is 10. The average Bonchev–Trinajstić information content (AvgIpc) is 3.09. The van der Waals surface area contributed by atoms with Crippen molar-refractivity contribution in [3.63, 3.8) is 0 Å². The second-order valence-corrected chi connectivity index (χ2v) is 15.7. The highest BCUT2D eigenvalue weighted by Crippen LogP contribution is 2.38. The van der Waals surface area contributed by atoms with Crippen LogP contribution < -0.4 is 4.89 Å². The number of rotatable bonds is 35. The van der Waals surface area contributed by atoms with Gasteiger partial charge in [0, 0.05) is 12.8 Å². The molecule has 0 N–H and O–H groups in total. The van der Waals surface area contributed by atoms with Crippen LogP contribution in [0.2, 0.25) is 0 Å². The second-order valence-electron chi connectivity index (χ2n) is 14.3. The Morgan fingerprint density at radius 3 is 1.71 bits per heavy atom. The van der Waals surface area contributed by atoms with Crippen LogP contribution in [0.5, 0.6) is 0 Å². The number of likely N-dealkylation sites (N-methyl/N-ethyl adjacent to an activating group) is 1. The van der Waals surface area contributed by atoms with E-state index in [4.69, 9.17) is 18.5 Å². The summed E-state index contributed by atoms with van der Waals surface area (Å²) in [5, 5.41) is 0. The second kappa shape index (κ2) is 34.5. The first-order valence-corrected chi connectivity index (χ1v) is 21.5. The number of quaternary nitrogens is 1. The van der Waals surface area contributed by atoms with E-state index in [-0.39, 0.29) is 26.1 Å². The number of ether oxygens (including phenoxy) is 2.